The summed E-state index contributed by atoms with van der Waals surface area (Å²) in [5, 5.41) is 9.79. The second-order valence-electron chi connectivity index (χ2n) is 5.31. The van der Waals surface area contributed by atoms with Gasteiger partial charge in [0.1, 0.15) is 18.3 Å². The average Bonchev–Trinajstić information content (AvgIpc) is 2.48. The summed E-state index contributed by atoms with van der Waals surface area (Å²) in [6.45, 7) is 4.26. The zero-order valence-electron chi connectivity index (χ0n) is 13.6. The van der Waals surface area contributed by atoms with E-state index in [1.165, 1.54) is 20.8 Å². The molecule has 4 atom stereocenters. The van der Waals surface area contributed by atoms with Crippen LogP contribution >= 0.6 is 0 Å². The summed E-state index contributed by atoms with van der Waals surface area (Å²) in [5.74, 6) is -2.96. The molecule has 4 unspecified atom stereocenters. The fraction of sp³-hybridized carbons (Fsp3) is 0.500. The highest BCUT2D eigenvalue weighted by Gasteiger charge is 2.21. The van der Waals surface area contributed by atoms with Gasteiger partial charge in [0, 0.05) is 12.2 Å². The molecule has 132 valence electrons. The van der Waals surface area contributed by atoms with Crippen LogP contribution in [0, 0.1) is 0 Å². The van der Waals surface area contributed by atoms with E-state index in [0.717, 1.165) is 24.3 Å². The van der Waals surface area contributed by atoms with Crippen LogP contribution in [0.2, 0.25) is 0 Å². The Morgan fingerprint density at radius 1 is 0.917 bits per heavy atom. The number of rotatable bonds is 0. The topological polar surface area (TPSA) is 116 Å². The lowest BCUT2D eigenvalue weighted by atomic mass is 10.2. The molecule has 0 saturated carbocycles. The van der Waals surface area contributed by atoms with Gasteiger partial charge in [0.2, 0.25) is 0 Å². The number of esters is 3. The Balaban J connectivity index is 2.93. The van der Waals surface area contributed by atoms with E-state index in [0.29, 0.717) is 0 Å². The summed E-state index contributed by atoms with van der Waals surface area (Å²) in [6, 6.07) is 0. The van der Waals surface area contributed by atoms with Gasteiger partial charge in [0.25, 0.3) is 0 Å². The van der Waals surface area contributed by atoms with Crippen molar-refractivity contribution in [3.63, 3.8) is 0 Å². The molecule has 0 aromatic heterocycles. The van der Waals surface area contributed by atoms with Crippen LogP contribution in [0.25, 0.3) is 0 Å². The molecule has 1 heterocycles. The lowest BCUT2D eigenvalue weighted by molar-refractivity contribution is -0.157. The molecule has 0 aromatic carbocycles. The maximum atomic E-state index is 11.8. The molecule has 24 heavy (non-hydrogen) atoms. The molecule has 0 bridgehead atoms. The second kappa shape index (κ2) is 8.97. The number of aliphatic hydroxyl groups is 1. The first kappa shape index (κ1) is 19.6. The predicted molar refractivity (Wildman–Crippen MR) is 80.6 cm³/mol. The zero-order chi connectivity index (χ0) is 18.3. The van der Waals surface area contributed by atoms with E-state index in [2.05, 4.69) is 0 Å². The van der Waals surface area contributed by atoms with Crippen molar-refractivity contribution in [2.45, 2.75) is 51.6 Å². The van der Waals surface area contributed by atoms with E-state index in [-0.39, 0.29) is 6.42 Å². The summed E-state index contributed by atoms with van der Waals surface area (Å²) in [5.41, 5.74) is 0. The molecule has 0 aliphatic carbocycles. The standard InChI is InChI=1S/C16H20O8/c1-9-8-16(21)24-11(3)13(18)5-7-15(20)23-10(2)12(17)4-6-14(19)22-9/h4-7,9-12,17H,8H2,1-3H3/b6-4+,7-5+. The number of cyclic esters (lactones) is 3. The maximum absolute atomic E-state index is 11.8. The third-order valence-corrected chi connectivity index (χ3v) is 3.08. The highest BCUT2D eigenvalue weighted by atomic mass is 16.6. The average molecular weight is 340 g/mol. The van der Waals surface area contributed by atoms with Crippen LogP contribution in [-0.4, -0.2) is 53.2 Å². The summed E-state index contributed by atoms with van der Waals surface area (Å²) < 4.78 is 14.7. The smallest absolute Gasteiger partial charge is 0.331 e. The molecule has 1 aliphatic rings. The molecule has 0 radical (unpaired) electrons. The highest BCUT2D eigenvalue weighted by molar-refractivity contribution is 5.99. The Hall–Kier alpha value is -2.48. The van der Waals surface area contributed by atoms with Crippen molar-refractivity contribution in [2.75, 3.05) is 0 Å². The molecule has 0 spiro atoms. The normalized spacial score (nSPS) is 33.2. The van der Waals surface area contributed by atoms with Crippen LogP contribution in [0.4, 0.5) is 0 Å². The first-order valence-electron chi connectivity index (χ1n) is 7.38. The number of carbonyl (C=O) groups is 4. The van der Waals surface area contributed by atoms with Gasteiger partial charge in [-0.25, -0.2) is 9.59 Å². The SMILES string of the molecule is CC1CC(=O)OC(C)C(=O)/C=C/C(=O)OC(C)C(O)/C=C/C(=O)O1. The van der Waals surface area contributed by atoms with Gasteiger partial charge in [-0.3, -0.25) is 9.59 Å². The quantitative estimate of drug-likeness (QED) is 0.492. The first-order valence-corrected chi connectivity index (χ1v) is 7.38. The van der Waals surface area contributed by atoms with Gasteiger partial charge in [-0.15, -0.1) is 0 Å². The zero-order valence-corrected chi connectivity index (χ0v) is 13.6. The van der Waals surface area contributed by atoms with Crippen molar-refractivity contribution >= 4 is 23.7 Å². The third-order valence-electron chi connectivity index (χ3n) is 3.08. The van der Waals surface area contributed by atoms with Crippen molar-refractivity contribution in [1.82, 2.24) is 0 Å². The minimum atomic E-state index is -1.24. The van der Waals surface area contributed by atoms with Crippen LogP contribution in [0.1, 0.15) is 27.2 Å². The Bertz CT molecular complexity index is 562. The van der Waals surface area contributed by atoms with Crippen LogP contribution in [0.5, 0.6) is 0 Å². The van der Waals surface area contributed by atoms with Crippen LogP contribution in [0.15, 0.2) is 24.3 Å². The summed E-state index contributed by atoms with van der Waals surface area (Å²) in [4.78, 5) is 46.6. The van der Waals surface area contributed by atoms with Crippen molar-refractivity contribution in [1.29, 1.82) is 0 Å². The van der Waals surface area contributed by atoms with Crippen LogP contribution < -0.4 is 0 Å². The van der Waals surface area contributed by atoms with E-state index in [9.17, 15) is 24.3 Å². The van der Waals surface area contributed by atoms with Crippen LogP contribution in [0.3, 0.4) is 0 Å². The van der Waals surface area contributed by atoms with E-state index >= 15 is 0 Å². The van der Waals surface area contributed by atoms with E-state index in [1.807, 2.05) is 0 Å². The number of hydrogen-bond donors (Lipinski definition) is 1. The molecule has 1 aliphatic heterocycles. The minimum Gasteiger partial charge on any atom is -0.459 e. The molecule has 1 rings (SSSR count). The molecule has 0 saturated heterocycles. The molecule has 8 heteroatoms. The van der Waals surface area contributed by atoms with Gasteiger partial charge in [-0.2, -0.15) is 0 Å². The largest absolute Gasteiger partial charge is 0.459 e. The molecule has 0 amide bonds. The number of carbonyl (C=O) groups excluding carboxylic acids is 4. The Morgan fingerprint density at radius 3 is 2.21 bits per heavy atom. The molecular weight excluding hydrogens is 320 g/mol. The molecule has 0 aromatic rings. The lowest BCUT2D eigenvalue weighted by Gasteiger charge is -2.17. The first-order chi connectivity index (χ1) is 11.2. The summed E-state index contributed by atoms with van der Waals surface area (Å²) >= 11 is 0. The number of ketones is 1. The third kappa shape index (κ3) is 6.74. The van der Waals surface area contributed by atoms with Gasteiger partial charge < -0.3 is 19.3 Å². The van der Waals surface area contributed by atoms with Crippen molar-refractivity contribution < 1.29 is 38.5 Å². The Labute approximate surface area is 139 Å². The van der Waals surface area contributed by atoms with Crippen molar-refractivity contribution in [3.05, 3.63) is 24.3 Å². The molecule has 8 nitrogen and oxygen atoms in total. The Kier molecular flexibility index (Phi) is 7.31. The number of hydrogen-bond acceptors (Lipinski definition) is 8. The van der Waals surface area contributed by atoms with E-state index in [4.69, 9.17) is 14.2 Å². The van der Waals surface area contributed by atoms with Gasteiger partial charge >= 0.3 is 17.9 Å². The van der Waals surface area contributed by atoms with Gasteiger partial charge in [-0.05, 0) is 32.9 Å². The van der Waals surface area contributed by atoms with Crippen molar-refractivity contribution in [3.8, 4) is 0 Å². The summed E-state index contributed by atoms with van der Waals surface area (Å²) in [6.07, 6.45) is -0.388. The fourth-order valence-corrected chi connectivity index (χ4v) is 1.73. The van der Waals surface area contributed by atoms with Crippen LogP contribution in [-0.2, 0) is 33.4 Å². The number of ether oxygens (including phenoxy) is 3. The van der Waals surface area contributed by atoms with E-state index in [1.54, 1.807) is 0 Å². The van der Waals surface area contributed by atoms with E-state index < -0.39 is 48.1 Å². The fourth-order valence-electron chi connectivity index (χ4n) is 1.73. The molecule has 0 fully saturated rings. The molecule has 1 N–H and O–H groups in total. The molecular formula is C16H20O8. The monoisotopic (exact) mass is 340 g/mol. The lowest BCUT2D eigenvalue weighted by Crippen LogP contribution is -2.28. The van der Waals surface area contributed by atoms with Crippen molar-refractivity contribution in [2.24, 2.45) is 0 Å². The summed E-state index contributed by atoms with van der Waals surface area (Å²) in [7, 11) is 0. The maximum Gasteiger partial charge on any atom is 0.331 e. The second-order valence-corrected chi connectivity index (χ2v) is 5.31. The minimum absolute atomic E-state index is 0.234. The Morgan fingerprint density at radius 2 is 1.54 bits per heavy atom. The van der Waals surface area contributed by atoms with Gasteiger partial charge in [0.15, 0.2) is 11.9 Å². The van der Waals surface area contributed by atoms with Gasteiger partial charge in [0.05, 0.1) is 6.42 Å². The number of aliphatic hydroxyl groups excluding tert-OH is 1. The predicted octanol–water partition coefficient (Wildman–Crippen LogP) is 0.228. The van der Waals surface area contributed by atoms with Gasteiger partial charge in [-0.1, -0.05) is 0 Å². The highest BCUT2D eigenvalue weighted by Crippen LogP contribution is 2.07.